The van der Waals surface area contributed by atoms with Gasteiger partial charge in [0.1, 0.15) is 5.75 Å². The first kappa shape index (κ1) is 15.8. The van der Waals surface area contributed by atoms with Crippen molar-refractivity contribution < 1.29 is 5.11 Å². The Morgan fingerprint density at radius 2 is 1.12 bits per heavy atom. The van der Waals surface area contributed by atoms with Crippen LogP contribution in [0.25, 0.3) is 24.3 Å². The van der Waals surface area contributed by atoms with Gasteiger partial charge < -0.3 is 5.11 Å². The molecule has 0 spiro atoms. The maximum atomic E-state index is 10.3. The van der Waals surface area contributed by atoms with Crippen molar-refractivity contribution in [3.8, 4) is 5.75 Å². The Labute approximate surface area is 143 Å². The fourth-order valence-corrected chi connectivity index (χ4v) is 2.57. The Balaban J connectivity index is 1.89. The maximum Gasteiger partial charge on any atom is 0.125 e. The molecule has 0 aromatic heterocycles. The van der Waals surface area contributed by atoms with Gasteiger partial charge in [-0.1, -0.05) is 85.0 Å². The summed E-state index contributed by atoms with van der Waals surface area (Å²) in [4.78, 5) is 0. The van der Waals surface area contributed by atoms with Crippen molar-refractivity contribution in [3.05, 3.63) is 101 Å². The summed E-state index contributed by atoms with van der Waals surface area (Å²) in [6, 6.07) is 24.3. The van der Waals surface area contributed by atoms with Gasteiger partial charge in [-0.3, -0.25) is 0 Å². The standard InChI is InChI=1S/C23H20O/c1-18-16-21(13-12-19-8-4-2-5-9-19)17-22(23(18)24)15-14-20-10-6-3-7-11-20/h2-17,24H,1H3. The minimum atomic E-state index is 0.332. The third kappa shape index (κ3) is 4.02. The zero-order valence-electron chi connectivity index (χ0n) is 13.7. The van der Waals surface area contributed by atoms with Gasteiger partial charge >= 0.3 is 0 Å². The van der Waals surface area contributed by atoms with E-state index in [0.29, 0.717) is 5.75 Å². The lowest BCUT2D eigenvalue weighted by Crippen LogP contribution is -1.84. The first-order valence-corrected chi connectivity index (χ1v) is 8.02. The lowest BCUT2D eigenvalue weighted by Gasteiger charge is -2.06. The fraction of sp³-hybridized carbons (Fsp3) is 0.0435. The largest absolute Gasteiger partial charge is 0.507 e. The van der Waals surface area contributed by atoms with Crippen molar-refractivity contribution in [1.82, 2.24) is 0 Å². The Morgan fingerprint density at radius 1 is 0.625 bits per heavy atom. The van der Waals surface area contributed by atoms with Crippen LogP contribution in [-0.4, -0.2) is 5.11 Å². The van der Waals surface area contributed by atoms with Crippen molar-refractivity contribution in [3.63, 3.8) is 0 Å². The molecule has 0 saturated carbocycles. The minimum Gasteiger partial charge on any atom is -0.507 e. The molecule has 3 rings (SSSR count). The first-order valence-electron chi connectivity index (χ1n) is 8.02. The van der Waals surface area contributed by atoms with Crippen LogP contribution in [0.5, 0.6) is 5.75 Å². The summed E-state index contributed by atoms with van der Waals surface area (Å²) in [5.74, 6) is 0.332. The van der Waals surface area contributed by atoms with E-state index in [-0.39, 0.29) is 0 Å². The van der Waals surface area contributed by atoms with Crippen LogP contribution in [-0.2, 0) is 0 Å². The van der Waals surface area contributed by atoms with Crippen molar-refractivity contribution >= 4 is 24.3 Å². The molecule has 0 aliphatic carbocycles. The van der Waals surface area contributed by atoms with Crippen molar-refractivity contribution in [2.24, 2.45) is 0 Å². The van der Waals surface area contributed by atoms with E-state index in [9.17, 15) is 5.11 Å². The van der Waals surface area contributed by atoms with Crippen LogP contribution in [0.2, 0.25) is 0 Å². The zero-order valence-corrected chi connectivity index (χ0v) is 13.7. The molecule has 1 nitrogen and oxygen atoms in total. The van der Waals surface area contributed by atoms with Gasteiger partial charge in [-0.2, -0.15) is 0 Å². The Bertz CT molecular complexity index is 859. The SMILES string of the molecule is Cc1cc(C=Cc2ccccc2)cc(C=Cc2ccccc2)c1O. The average molecular weight is 312 g/mol. The topological polar surface area (TPSA) is 20.2 Å². The molecule has 0 radical (unpaired) electrons. The van der Waals surface area contributed by atoms with E-state index in [4.69, 9.17) is 0 Å². The summed E-state index contributed by atoms with van der Waals surface area (Å²) in [7, 11) is 0. The smallest absolute Gasteiger partial charge is 0.125 e. The van der Waals surface area contributed by atoms with Crippen LogP contribution in [0.1, 0.15) is 27.8 Å². The van der Waals surface area contributed by atoms with Gasteiger partial charge in [0.25, 0.3) is 0 Å². The summed E-state index contributed by atoms with van der Waals surface area (Å²) in [5.41, 5.74) is 5.04. The van der Waals surface area contributed by atoms with Crippen molar-refractivity contribution in [1.29, 1.82) is 0 Å². The van der Waals surface area contributed by atoms with E-state index < -0.39 is 0 Å². The van der Waals surface area contributed by atoms with Crippen LogP contribution < -0.4 is 0 Å². The van der Waals surface area contributed by atoms with E-state index in [2.05, 4.69) is 24.3 Å². The number of phenolic OH excluding ortho intramolecular Hbond substituents is 1. The predicted octanol–water partition coefficient (Wildman–Crippen LogP) is 6.04. The van der Waals surface area contributed by atoms with Crippen LogP contribution in [0, 0.1) is 6.92 Å². The molecule has 0 unspecified atom stereocenters. The summed E-state index contributed by atoms with van der Waals surface area (Å²) in [6.45, 7) is 1.93. The second kappa shape index (κ2) is 7.47. The van der Waals surface area contributed by atoms with E-state index in [1.165, 1.54) is 0 Å². The second-order valence-corrected chi connectivity index (χ2v) is 5.76. The van der Waals surface area contributed by atoms with Gasteiger partial charge in [0.05, 0.1) is 0 Å². The van der Waals surface area contributed by atoms with Crippen LogP contribution in [0.4, 0.5) is 0 Å². The summed E-state index contributed by atoms with van der Waals surface area (Å²) in [6.07, 6.45) is 8.12. The monoisotopic (exact) mass is 312 g/mol. The van der Waals surface area contributed by atoms with E-state index in [1.807, 2.05) is 79.7 Å². The summed E-state index contributed by atoms with van der Waals surface area (Å²) < 4.78 is 0. The molecular weight excluding hydrogens is 292 g/mol. The lowest BCUT2D eigenvalue weighted by molar-refractivity contribution is 0.470. The predicted molar refractivity (Wildman–Crippen MR) is 104 cm³/mol. The maximum absolute atomic E-state index is 10.3. The molecule has 0 fully saturated rings. The highest BCUT2D eigenvalue weighted by atomic mass is 16.3. The molecule has 0 atom stereocenters. The van der Waals surface area contributed by atoms with E-state index in [0.717, 1.165) is 27.8 Å². The molecule has 118 valence electrons. The third-order valence-electron chi connectivity index (χ3n) is 3.88. The van der Waals surface area contributed by atoms with Crippen LogP contribution in [0.15, 0.2) is 72.8 Å². The second-order valence-electron chi connectivity index (χ2n) is 5.76. The molecule has 1 N–H and O–H groups in total. The van der Waals surface area contributed by atoms with E-state index in [1.54, 1.807) is 0 Å². The molecule has 24 heavy (non-hydrogen) atoms. The molecule has 0 amide bonds. The highest BCUT2D eigenvalue weighted by Crippen LogP contribution is 2.27. The molecule has 3 aromatic rings. The van der Waals surface area contributed by atoms with Crippen LogP contribution >= 0.6 is 0 Å². The van der Waals surface area contributed by atoms with Crippen LogP contribution in [0.3, 0.4) is 0 Å². The number of aryl methyl sites for hydroxylation is 1. The normalized spacial score (nSPS) is 11.4. The highest BCUT2D eigenvalue weighted by Gasteiger charge is 2.03. The number of aromatic hydroxyl groups is 1. The minimum absolute atomic E-state index is 0.332. The van der Waals surface area contributed by atoms with Gasteiger partial charge in [-0.25, -0.2) is 0 Å². The average Bonchev–Trinajstić information content (AvgIpc) is 2.63. The molecule has 0 aliphatic heterocycles. The van der Waals surface area contributed by atoms with Gasteiger partial charge in [-0.05, 0) is 41.3 Å². The lowest BCUT2D eigenvalue weighted by atomic mass is 10.0. The number of hydrogen-bond donors (Lipinski definition) is 1. The van der Waals surface area contributed by atoms with Gasteiger partial charge in [0.15, 0.2) is 0 Å². The highest BCUT2D eigenvalue weighted by molar-refractivity contribution is 5.77. The molecular formula is C23H20O. The van der Waals surface area contributed by atoms with E-state index >= 15 is 0 Å². The molecule has 0 bridgehead atoms. The van der Waals surface area contributed by atoms with Gasteiger partial charge in [0, 0.05) is 5.56 Å². The van der Waals surface area contributed by atoms with Gasteiger partial charge in [-0.15, -0.1) is 0 Å². The molecule has 1 heteroatoms. The Hall–Kier alpha value is -3.06. The molecule has 0 saturated heterocycles. The number of benzene rings is 3. The van der Waals surface area contributed by atoms with Crippen molar-refractivity contribution in [2.75, 3.05) is 0 Å². The fourth-order valence-electron chi connectivity index (χ4n) is 2.57. The Morgan fingerprint density at radius 3 is 1.71 bits per heavy atom. The molecule has 0 aliphatic rings. The molecule has 0 heterocycles. The number of rotatable bonds is 4. The Kier molecular flexibility index (Phi) is 4.93. The molecule has 3 aromatic carbocycles. The number of hydrogen-bond acceptors (Lipinski definition) is 1. The van der Waals surface area contributed by atoms with Crippen molar-refractivity contribution in [2.45, 2.75) is 6.92 Å². The third-order valence-corrected chi connectivity index (χ3v) is 3.88. The number of phenols is 1. The quantitative estimate of drug-likeness (QED) is 0.582. The first-order chi connectivity index (χ1) is 11.7. The van der Waals surface area contributed by atoms with Gasteiger partial charge in [0.2, 0.25) is 0 Å². The zero-order chi connectivity index (χ0) is 16.8. The summed E-state index contributed by atoms with van der Waals surface area (Å²) >= 11 is 0. The summed E-state index contributed by atoms with van der Waals surface area (Å²) in [5, 5.41) is 10.3.